The standard InChI is InChI=1S/C29H26Cl2N4O9/c1-43-23-9-7-18(14-24(23)44-2)29(40)34-11-10-33(28(39)17-6-8-20(30)21(31)13-17)27(34)26(38)32-22(15-25(36)37)16-4-3-5-19(12-16)35(41)42/h3-9,12-14,22,27H,10-11,15H2,1-2H3,(H,32,38)(H,36,37). The molecular formula is C29H26Cl2N4O9. The Kier molecular flexibility index (Phi) is 9.91. The maximum absolute atomic E-state index is 13.9. The van der Waals surface area contributed by atoms with Crippen LogP contribution in [0.4, 0.5) is 5.69 Å². The number of benzene rings is 3. The van der Waals surface area contributed by atoms with E-state index in [-0.39, 0.29) is 51.3 Å². The van der Waals surface area contributed by atoms with E-state index in [1.807, 2.05) is 0 Å². The number of nitro groups is 1. The summed E-state index contributed by atoms with van der Waals surface area (Å²) >= 11 is 12.1. The monoisotopic (exact) mass is 644 g/mol. The van der Waals surface area contributed by atoms with Gasteiger partial charge >= 0.3 is 5.97 Å². The first-order chi connectivity index (χ1) is 20.9. The third-order valence-corrected chi connectivity index (χ3v) is 7.64. The van der Waals surface area contributed by atoms with Gasteiger partial charge in [0.05, 0.1) is 41.7 Å². The summed E-state index contributed by atoms with van der Waals surface area (Å²) in [5.41, 5.74) is 0.0613. The Bertz CT molecular complexity index is 1630. The van der Waals surface area contributed by atoms with Crippen LogP contribution in [0, 0.1) is 10.1 Å². The quantitative estimate of drug-likeness (QED) is 0.243. The fourth-order valence-corrected chi connectivity index (χ4v) is 5.09. The fourth-order valence-electron chi connectivity index (χ4n) is 4.79. The van der Waals surface area contributed by atoms with E-state index in [0.29, 0.717) is 5.75 Å². The topological polar surface area (TPSA) is 169 Å². The second-order valence-corrected chi connectivity index (χ2v) is 10.4. The van der Waals surface area contributed by atoms with E-state index < -0.39 is 47.2 Å². The summed E-state index contributed by atoms with van der Waals surface area (Å²) in [7, 11) is 2.83. The summed E-state index contributed by atoms with van der Waals surface area (Å²) in [6.07, 6.45) is -2.17. The first-order valence-electron chi connectivity index (χ1n) is 13.0. The molecule has 3 aromatic rings. The van der Waals surface area contributed by atoms with Crippen molar-refractivity contribution in [1.29, 1.82) is 0 Å². The third kappa shape index (κ3) is 6.84. The molecule has 2 N–H and O–H groups in total. The number of nitrogens with zero attached hydrogens (tertiary/aromatic N) is 3. The second kappa shape index (κ2) is 13.6. The van der Waals surface area contributed by atoms with Crippen LogP contribution < -0.4 is 14.8 Å². The van der Waals surface area contributed by atoms with Crippen LogP contribution in [0.2, 0.25) is 10.0 Å². The number of rotatable bonds is 10. The zero-order valence-electron chi connectivity index (χ0n) is 23.4. The van der Waals surface area contributed by atoms with E-state index in [1.54, 1.807) is 0 Å². The van der Waals surface area contributed by atoms with Crippen LogP contribution in [0.5, 0.6) is 11.5 Å². The Balaban J connectivity index is 1.73. The zero-order chi connectivity index (χ0) is 32.1. The van der Waals surface area contributed by atoms with Crippen LogP contribution in [-0.2, 0) is 9.59 Å². The molecule has 13 nitrogen and oxygen atoms in total. The van der Waals surface area contributed by atoms with Crippen LogP contribution in [-0.4, -0.2) is 77.0 Å². The average molecular weight is 645 g/mol. The van der Waals surface area contributed by atoms with Crippen LogP contribution in [0.1, 0.15) is 38.7 Å². The van der Waals surface area contributed by atoms with Crippen molar-refractivity contribution in [1.82, 2.24) is 15.1 Å². The smallest absolute Gasteiger partial charge is 0.305 e. The van der Waals surface area contributed by atoms with Gasteiger partial charge in [-0.25, -0.2) is 0 Å². The van der Waals surface area contributed by atoms with Crippen LogP contribution in [0.15, 0.2) is 60.7 Å². The van der Waals surface area contributed by atoms with Gasteiger partial charge in [0.15, 0.2) is 17.7 Å². The molecular weight excluding hydrogens is 619 g/mol. The largest absolute Gasteiger partial charge is 0.493 e. The van der Waals surface area contributed by atoms with Crippen LogP contribution in [0.25, 0.3) is 0 Å². The van der Waals surface area contributed by atoms with Crippen LogP contribution >= 0.6 is 23.2 Å². The van der Waals surface area contributed by atoms with E-state index >= 15 is 0 Å². The van der Waals surface area contributed by atoms with Crippen molar-refractivity contribution in [3.63, 3.8) is 0 Å². The maximum Gasteiger partial charge on any atom is 0.305 e. The van der Waals surface area contributed by atoms with Gasteiger partial charge in [0, 0.05) is 36.3 Å². The number of non-ortho nitro benzene ring substituents is 1. The molecule has 0 bridgehead atoms. The first-order valence-corrected chi connectivity index (χ1v) is 13.8. The van der Waals surface area contributed by atoms with E-state index in [9.17, 15) is 34.4 Å². The summed E-state index contributed by atoms with van der Waals surface area (Å²) in [5.74, 6) is -2.83. The summed E-state index contributed by atoms with van der Waals surface area (Å²) in [4.78, 5) is 66.1. The number of carbonyl (C=O) groups excluding carboxylic acids is 3. The molecule has 15 heteroatoms. The normalized spacial score (nSPS) is 15.0. The average Bonchev–Trinajstić information content (AvgIpc) is 3.46. The Morgan fingerprint density at radius 3 is 2.11 bits per heavy atom. The highest BCUT2D eigenvalue weighted by Gasteiger charge is 2.44. The van der Waals surface area contributed by atoms with Gasteiger partial charge in [0.25, 0.3) is 23.4 Å². The lowest BCUT2D eigenvalue weighted by atomic mass is 10.0. The molecule has 0 aromatic heterocycles. The number of nitro benzene ring substituents is 1. The lowest BCUT2D eigenvalue weighted by molar-refractivity contribution is -0.384. The van der Waals surface area contributed by atoms with Crippen molar-refractivity contribution in [3.05, 3.63) is 97.5 Å². The number of amides is 3. The predicted octanol–water partition coefficient (Wildman–Crippen LogP) is 4.18. The molecule has 0 aliphatic carbocycles. The van der Waals surface area contributed by atoms with Gasteiger partial charge in [-0.05, 0) is 42.0 Å². The van der Waals surface area contributed by atoms with E-state index in [2.05, 4.69) is 5.32 Å². The molecule has 0 radical (unpaired) electrons. The van der Waals surface area contributed by atoms with E-state index in [0.717, 1.165) is 15.9 Å². The number of ether oxygens (including phenoxy) is 2. The van der Waals surface area contributed by atoms with Crippen molar-refractivity contribution >= 4 is 52.6 Å². The first kappa shape index (κ1) is 32.0. The maximum atomic E-state index is 13.9. The molecule has 3 aromatic carbocycles. The highest BCUT2D eigenvalue weighted by atomic mass is 35.5. The number of carbonyl (C=O) groups is 4. The SMILES string of the molecule is COc1ccc(C(=O)N2CCN(C(=O)c3ccc(Cl)c(Cl)c3)C2C(=O)NC(CC(=O)O)c2cccc([N+](=O)[O-])c2)cc1OC. The summed E-state index contributed by atoms with van der Waals surface area (Å²) in [5, 5.41) is 23.8. The Morgan fingerprint density at radius 1 is 0.932 bits per heavy atom. The molecule has 1 saturated heterocycles. The molecule has 0 saturated carbocycles. The predicted molar refractivity (Wildman–Crippen MR) is 158 cm³/mol. The van der Waals surface area contributed by atoms with Crippen molar-refractivity contribution in [3.8, 4) is 11.5 Å². The molecule has 1 fully saturated rings. The number of halogens is 2. The van der Waals surface area contributed by atoms with Gasteiger partial charge in [0.2, 0.25) is 0 Å². The Hall–Kier alpha value is -4.88. The van der Waals surface area contributed by atoms with Gasteiger partial charge in [-0.15, -0.1) is 0 Å². The highest BCUT2D eigenvalue weighted by molar-refractivity contribution is 6.42. The Morgan fingerprint density at radius 2 is 1.55 bits per heavy atom. The molecule has 1 heterocycles. The van der Waals surface area contributed by atoms with Gasteiger partial charge < -0.3 is 29.7 Å². The van der Waals surface area contributed by atoms with E-state index in [1.165, 1.54) is 68.8 Å². The van der Waals surface area contributed by atoms with Crippen molar-refractivity contribution < 1.29 is 38.7 Å². The molecule has 44 heavy (non-hydrogen) atoms. The molecule has 1 aliphatic heterocycles. The molecule has 2 atom stereocenters. The third-order valence-electron chi connectivity index (χ3n) is 6.90. The fraction of sp³-hybridized carbons (Fsp3) is 0.241. The lowest BCUT2D eigenvalue weighted by Crippen LogP contribution is -2.54. The van der Waals surface area contributed by atoms with Gasteiger partial charge in [-0.1, -0.05) is 35.3 Å². The molecule has 1 aliphatic rings. The molecule has 0 spiro atoms. The van der Waals surface area contributed by atoms with Crippen molar-refractivity contribution in [2.75, 3.05) is 27.3 Å². The molecule has 3 amide bonds. The summed E-state index contributed by atoms with van der Waals surface area (Å²) < 4.78 is 10.5. The van der Waals surface area contributed by atoms with Crippen molar-refractivity contribution in [2.45, 2.75) is 18.6 Å². The minimum atomic E-state index is -1.53. The van der Waals surface area contributed by atoms with Crippen LogP contribution in [0.3, 0.4) is 0 Å². The number of carboxylic acid groups (broad SMARTS) is 1. The molecule has 2 unspecified atom stereocenters. The zero-order valence-corrected chi connectivity index (χ0v) is 24.9. The lowest BCUT2D eigenvalue weighted by Gasteiger charge is -2.31. The summed E-state index contributed by atoms with van der Waals surface area (Å²) in [6, 6.07) is 12.5. The van der Waals surface area contributed by atoms with Gasteiger partial charge in [0.1, 0.15) is 0 Å². The number of aliphatic carboxylic acids is 1. The van der Waals surface area contributed by atoms with E-state index in [4.69, 9.17) is 32.7 Å². The summed E-state index contributed by atoms with van der Waals surface area (Å²) in [6.45, 7) is -0.116. The molecule has 230 valence electrons. The number of hydrogen-bond acceptors (Lipinski definition) is 8. The second-order valence-electron chi connectivity index (χ2n) is 9.58. The number of methoxy groups -OCH3 is 2. The molecule has 4 rings (SSSR count). The number of nitrogens with one attached hydrogen (secondary N) is 1. The Labute approximate surface area is 261 Å². The van der Waals surface area contributed by atoms with Crippen molar-refractivity contribution in [2.24, 2.45) is 0 Å². The van der Waals surface area contributed by atoms with Gasteiger partial charge in [-0.2, -0.15) is 0 Å². The minimum Gasteiger partial charge on any atom is -0.493 e. The number of carboxylic acids is 1. The minimum absolute atomic E-state index is 0.0568. The highest BCUT2D eigenvalue weighted by Crippen LogP contribution is 2.31. The van der Waals surface area contributed by atoms with Gasteiger partial charge in [-0.3, -0.25) is 29.3 Å². The number of hydrogen-bond donors (Lipinski definition) is 2.